The minimum Gasteiger partial charge on any atom is -0.624 e. The third-order valence-corrected chi connectivity index (χ3v) is 3.88. The first-order valence-corrected chi connectivity index (χ1v) is 6.51. The van der Waals surface area contributed by atoms with Gasteiger partial charge in [-0.15, -0.1) is 0 Å². The van der Waals surface area contributed by atoms with E-state index in [1.165, 1.54) is 16.5 Å². The molecule has 0 bridgehead atoms. The first kappa shape index (κ1) is 10.8. The van der Waals surface area contributed by atoms with Gasteiger partial charge in [-0.25, -0.2) is 4.74 Å². The summed E-state index contributed by atoms with van der Waals surface area (Å²) in [5.41, 5.74) is 3.52. The van der Waals surface area contributed by atoms with Crippen molar-refractivity contribution in [3.63, 3.8) is 0 Å². The van der Waals surface area contributed by atoms with E-state index in [-0.39, 0.29) is 0 Å². The quantitative estimate of drug-likeness (QED) is 0.543. The van der Waals surface area contributed by atoms with Crippen molar-refractivity contribution in [1.82, 2.24) is 4.57 Å². The van der Waals surface area contributed by atoms with Crippen molar-refractivity contribution >= 4 is 33.0 Å². The van der Waals surface area contributed by atoms with Crippen LogP contribution in [0.2, 0.25) is 0 Å². The molecular weight excluding hydrogens is 280 g/mol. The highest BCUT2D eigenvalue weighted by Gasteiger charge is 2.18. The third-order valence-electron chi connectivity index (χ3n) is 3.39. The molecule has 0 amide bonds. The molecule has 1 aliphatic heterocycles. The molecule has 0 N–H and O–H groups in total. The van der Waals surface area contributed by atoms with Gasteiger partial charge in [0, 0.05) is 28.8 Å². The van der Waals surface area contributed by atoms with Crippen molar-refractivity contribution in [2.45, 2.75) is 12.8 Å². The van der Waals surface area contributed by atoms with Crippen LogP contribution >= 0.6 is 15.9 Å². The standard InChI is InChI=1S/C13H13BrN2O/c1-15-12-7-9(14)4-5-11(12)10-3-2-6-16(17)8-13(10)15/h4-5,7-8H,2-3,6H2,1H3. The Labute approximate surface area is 108 Å². The number of fused-ring (bicyclic) bond motifs is 3. The Bertz CT molecular complexity index is 628. The lowest BCUT2D eigenvalue weighted by Gasteiger charge is -2.02. The minimum absolute atomic E-state index is 0.590. The molecule has 3 nitrogen and oxygen atoms in total. The molecule has 3 rings (SSSR count). The number of hydrogen-bond acceptors (Lipinski definition) is 1. The van der Waals surface area contributed by atoms with E-state index in [9.17, 15) is 5.21 Å². The van der Waals surface area contributed by atoms with E-state index in [1.807, 2.05) is 7.05 Å². The van der Waals surface area contributed by atoms with E-state index >= 15 is 0 Å². The van der Waals surface area contributed by atoms with Crippen LogP contribution in [0.4, 0.5) is 0 Å². The van der Waals surface area contributed by atoms with Gasteiger partial charge in [0.15, 0.2) is 12.8 Å². The van der Waals surface area contributed by atoms with Crippen molar-refractivity contribution in [2.75, 3.05) is 6.54 Å². The van der Waals surface area contributed by atoms with Crippen molar-refractivity contribution in [2.24, 2.45) is 7.05 Å². The van der Waals surface area contributed by atoms with Gasteiger partial charge in [-0.1, -0.05) is 22.0 Å². The number of halogens is 1. The second-order valence-electron chi connectivity index (χ2n) is 4.46. The fraction of sp³-hybridized carbons (Fsp3) is 0.308. The van der Waals surface area contributed by atoms with Crippen molar-refractivity contribution in [3.8, 4) is 0 Å². The summed E-state index contributed by atoms with van der Waals surface area (Å²) in [5.74, 6) is 0. The Balaban J connectivity index is 2.37. The number of nitrogens with zero attached hydrogens (tertiary/aromatic N) is 2. The van der Waals surface area contributed by atoms with Crippen molar-refractivity contribution < 1.29 is 4.74 Å². The molecule has 0 radical (unpaired) electrons. The fourth-order valence-corrected chi connectivity index (χ4v) is 2.90. The zero-order valence-corrected chi connectivity index (χ0v) is 11.2. The molecule has 1 aromatic carbocycles. The first-order chi connectivity index (χ1) is 8.16. The summed E-state index contributed by atoms with van der Waals surface area (Å²) in [7, 11) is 2.02. The van der Waals surface area contributed by atoms with E-state index in [0.29, 0.717) is 6.54 Å². The number of benzene rings is 1. The largest absolute Gasteiger partial charge is 0.624 e. The lowest BCUT2D eigenvalue weighted by Crippen LogP contribution is -2.07. The normalized spacial score (nSPS) is 15.5. The Hall–Kier alpha value is -1.29. The summed E-state index contributed by atoms with van der Waals surface area (Å²) in [6.07, 6.45) is 3.61. The monoisotopic (exact) mass is 292 g/mol. The highest BCUT2D eigenvalue weighted by atomic mass is 79.9. The second-order valence-corrected chi connectivity index (χ2v) is 5.37. The van der Waals surface area contributed by atoms with E-state index in [1.54, 1.807) is 6.21 Å². The number of aromatic nitrogens is 1. The van der Waals surface area contributed by atoms with Gasteiger partial charge in [0.25, 0.3) is 0 Å². The van der Waals surface area contributed by atoms with Crippen LogP contribution in [0.1, 0.15) is 17.7 Å². The van der Waals surface area contributed by atoms with Crippen LogP contribution in [0.3, 0.4) is 0 Å². The molecule has 88 valence electrons. The van der Waals surface area contributed by atoms with E-state index in [0.717, 1.165) is 27.7 Å². The molecule has 1 aliphatic rings. The smallest absolute Gasteiger partial charge is 0.198 e. The van der Waals surface area contributed by atoms with Crippen LogP contribution in [0.5, 0.6) is 0 Å². The van der Waals surface area contributed by atoms with Gasteiger partial charge in [0.2, 0.25) is 0 Å². The van der Waals surface area contributed by atoms with Crippen LogP contribution in [-0.4, -0.2) is 22.1 Å². The van der Waals surface area contributed by atoms with E-state index in [4.69, 9.17) is 0 Å². The van der Waals surface area contributed by atoms with Gasteiger partial charge < -0.3 is 9.77 Å². The number of rotatable bonds is 0. The number of hydroxylamine groups is 1. The maximum Gasteiger partial charge on any atom is 0.198 e. The summed E-state index contributed by atoms with van der Waals surface area (Å²) < 4.78 is 4.21. The highest BCUT2D eigenvalue weighted by Crippen LogP contribution is 2.29. The molecule has 2 aromatic rings. The molecule has 0 fully saturated rings. The number of aryl methyl sites for hydroxylation is 2. The molecule has 1 aromatic heterocycles. The highest BCUT2D eigenvalue weighted by molar-refractivity contribution is 9.10. The zero-order valence-electron chi connectivity index (χ0n) is 9.61. The topological polar surface area (TPSA) is 31.0 Å². The zero-order chi connectivity index (χ0) is 12.0. The fourth-order valence-electron chi connectivity index (χ4n) is 2.55. The predicted molar refractivity (Wildman–Crippen MR) is 72.6 cm³/mol. The van der Waals surface area contributed by atoms with Gasteiger partial charge in [0.1, 0.15) is 5.69 Å². The van der Waals surface area contributed by atoms with Crippen LogP contribution < -0.4 is 0 Å². The van der Waals surface area contributed by atoms with Crippen molar-refractivity contribution in [1.29, 1.82) is 0 Å². The Morgan fingerprint density at radius 1 is 1.41 bits per heavy atom. The molecule has 0 saturated carbocycles. The summed E-state index contributed by atoms with van der Waals surface area (Å²) >= 11 is 3.49. The lowest BCUT2D eigenvalue weighted by atomic mass is 10.1. The molecular formula is C13H13BrN2O. The predicted octanol–water partition coefficient (Wildman–Crippen LogP) is 2.82. The molecule has 2 heterocycles. The van der Waals surface area contributed by atoms with Crippen LogP contribution in [0, 0.1) is 5.21 Å². The maximum absolute atomic E-state index is 11.6. The van der Waals surface area contributed by atoms with Crippen LogP contribution in [0.25, 0.3) is 10.9 Å². The lowest BCUT2D eigenvalue weighted by molar-refractivity contribution is -0.452. The summed E-state index contributed by atoms with van der Waals surface area (Å²) in [5, 5.41) is 12.8. The molecule has 4 heteroatoms. The minimum atomic E-state index is 0.590. The SMILES string of the molecule is Cn1c2c(c3ccc(Br)cc31)CCC[N+]([O-])=C2. The average molecular weight is 293 g/mol. The Morgan fingerprint density at radius 3 is 3.06 bits per heavy atom. The van der Waals surface area contributed by atoms with E-state index < -0.39 is 0 Å². The molecule has 0 aliphatic carbocycles. The molecule has 0 spiro atoms. The maximum atomic E-state index is 11.6. The van der Waals surface area contributed by atoms with Gasteiger partial charge in [-0.2, -0.15) is 0 Å². The molecule has 0 unspecified atom stereocenters. The third kappa shape index (κ3) is 1.67. The average Bonchev–Trinajstić information content (AvgIpc) is 2.48. The van der Waals surface area contributed by atoms with Gasteiger partial charge in [0.05, 0.1) is 0 Å². The van der Waals surface area contributed by atoms with Gasteiger partial charge in [-0.3, -0.25) is 0 Å². The van der Waals surface area contributed by atoms with E-state index in [2.05, 4.69) is 38.7 Å². The molecule has 17 heavy (non-hydrogen) atoms. The Morgan fingerprint density at radius 2 is 2.24 bits per heavy atom. The van der Waals surface area contributed by atoms with Gasteiger partial charge >= 0.3 is 0 Å². The summed E-state index contributed by atoms with van der Waals surface area (Å²) in [6, 6.07) is 6.29. The number of hydrogen-bond donors (Lipinski definition) is 0. The summed E-state index contributed by atoms with van der Waals surface area (Å²) in [6.45, 7) is 0.590. The van der Waals surface area contributed by atoms with Gasteiger partial charge in [-0.05, 0) is 24.1 Å². The second kappa shape index (κ2) is 3.88. The Kier molecular flexibility index (Phi) is 2.47. The van der Waals surface area contributed by atoms with Crippen LogP contribution in [0.15, 0.2) is 22.7 Å². The molecule has 0 atom stereocenters. The first-order valence-electron chi connectivity index (χ1n) is 5.72. The van der Waals surface area contributed by atoms with Crippen molar-refractivity contribution in [3.05, 3.63) is 39.1 Å². The summed E-state index contributed by atoms with van der Waals surface area (Å²) in [4.78, 5) is 0. The molecule has 0 saturated heterocycles. The van der Waals surface area contributed by atoms with Crippen LogP contribution in [-0.2, 0) is 13.5 Å².